The molecule has 0 aliphatic rings. The van der Waals surface area contributed by atoms with Gasteiger partial charge in [-0.15, -0.1) is 11.5 Å². The monoisotopic (exact) mass is 288 g/mol. The molecule has 1 rings (SSSR count). The number of hydrogen-bond donors (Lipinski definition) is 0. The Labute approximate surface area is 195 Å². The van der Waals surface area contributed by atoms with Gasteiger partial charge in [-0.2, -0.15) is 0 Å². The summed E-state index contributed by atoms with van der Waals surface area (Å²) in [5.74, 6) is -1.56. The molecule has 0 bridgehead atoms. The molecular formula is C6H3K2NaO5S. The van der Waals surface area contributed by atoms with Gasteiger partial charge in [0.2, 0.25) is 0 Å². The Kier molecular flexibility index (Phi) is 15.2. The molecule has 0 atom stereocenters. The third-order valence-electron chi connectivity index (χ3n) is 1.14. The molecule has 0 amide bonds. The van der Waals surface area contributed by atoms with Crippen molar-refractivity contribution >= 4 is 10.1 Å². The van der Waals surface area contributed by atoms with Crippen molar-refractivity contribution in [3.05, 3.63) is 18.2 Å². The van der Waals surface area contributed by atoms with E-state index >= 15 is 0 Å². The van der Waals surface area contributed by atoms with Crippen LogP contribution in [0.15, 0.2) is 23.1 Å². The van der Waals surface area contributed by atoms with E-state index in [1.54, 1.807) is 0 Å². The zero-order valence-corrected chi connectivity index (χ0v) is 17.7. The average Bonchev–Trinajstić information content (AvgIpc) is 1.82. The molecule has 66 valence electrons. The Morgan fingerprint density at radius 2 is 1.27 bits per heavy atom. The Morgan fingerprint density at radius 3 is 1.53 bits per heavy atom. The number of rotatable bonds is 1. The van der Waals surface area contributed by atoms with Crippen molar-refractivity contribution in [3.8, 4) is 11.5 Å². The van der Waals surface area contributed by atoms with Gasteiger partial charge in [0.25, 0.3) is 0 Å². The zero-order chi connectivity index (χ0) is 9.35. The molecule has 15 heavy (non-hydrogen) atoms. The van der Waals surface area contributed by atoms with Crippen LogP contribution in [0.2, 0.25) is 0 Å². The Hall–Kier alpha value is 3.00. The van der Waals surface area contributed by atoms with Gasteiger partial charge in [0.15, 0.2) is 0 Å². The molecule has 1 aromatic carbocycles. The van der Waals surface area contributed by atoms with E-state index in [4.69, 9.17) is 0 Å². The van der Waals surface area contributed by atoms with Crippen LogP contribution < -0.4 is 143 Å². The summed E-state index contributed by atoms with van der Waals surface area (Å²) in [6, 6.07) is 1.93. The average molecular weight is 288 g/mol. The Bertz CT molecular complexity index is 388. The van der Waals surface area contributed by atoms with Crippen LogP contribution in [0.5, 0.6) is 11.5 Å². The van der Waals surface area contributed by atoms with Gasteiger partial charge in [0, 0.05) is 0 Å². The van der Waals surface area contributed by atoms with Gasteiger partial charge in [0.1, 0.15) is 10.1 Å². The minimum absolute atomic E-state index is 0. The third kappa shape index (κ3) is 8.68. The molecule has 9 heteroatoms. The van der Waals surface area contributed by atoms with Crippen LogP contribution >= 0.6 is 0 Å². The first-order valence-corrected chi connectivity index (χ1v) is 4.25. The van der Waals surface area contributed by atoms with Crippen LogP contribution in [0, 0.1) is 0 Å². The smallest absolute Gasteiger partial charge is 0.872 e. The van der Waals surface area contributed by atoms with Crippen molar-refractivity contribution in [2.75, 3.05) is 0 Å². The van der Waals surface area contributed by atoms with Crippen LogP contribution in [0.3, 0.4) is 0 Å². The van der Waals surface area contributed by atoms with Gasteiger partial charge in [-0.3, -0.25) is 0 Å². The largest absolute Gasteiger partial charge is 1.00 e. The fraction of sp³-hybridized carbons (Fsp3) is 0. The first-order valence-electron chi connectivity index (χ1n) is 2.84. The minimum atomic E-state index is -4.70. The van der Waals surface area contributed by atoms with Crippen molar-refractivity contribution in [1.29, 1.82) is 0 Å². The molecule has 0 spiro atoms. The van der Waals surface area contributed by atoms with Crippen molar-refractivity contribution < 1.29 is 156 Å². The van der Waals surface area contributed by atoms with Gasteiger partial charge in [-0.25, -0.2) is 8.42 Å². The summed E-state index contributed by atoms with van der Waals surface area (Å²) in [5.41, 5.74) is 0. The second-order valence-electron chi connectivity index (χ2n) is 2.09. The molecule has 0 N–H and O–H groups in total. The van der Waals surface area contributed by atoms with Crippen LogP contribution in [0.25, 0.3) is 0 Å². The summed E-state index contributed by atoms with van der Waals surface area (Å²) in [7, 11) is -4.70. The molecule has 0 aliphatic carbocycles. The maximum atomic E-state index is 10.6. The van der Waals surface area contributed by atoms with E-state index in [0.29, 0.717) is 18.2 Å². The molecule has 0 saturated heterocycles. The second-order valence-corrected chi connectivity index (χ2v) is 3.47. The van der Waals surface area contributed by atoms with Gasteiger partial charge in [-0.1, -0.05) is 18.2 Å². The second kappa shape index (κ2) is 9.87. The maximum absolute atomic E-state index is 10.6. The molecule has 0 aliphatic heterocycles. The molecular weight excluding hydrogens is 285 g/mol. The predicted molar refractivity (Wildman–Crippen MR) is 33.3 cm³/mol. The molecule has 1 aromatic rings. The Balaban J connectivity index is -0.000000480. The van der Waals surface area contributed by atoms with Crippen LogP contribution in [0.4, 0.5) is 0 Å². The summed E-state index contributed by atoms with van der Waals surface area (Å²) in [5, 5.41) is 21.1. The van der Waals surface area contributed by atoms with Crippen molar-refractivity contribution in [2.24, 2.45) is 0 Å². The molecule has 0 fully saturated rings. The van der Waals surface area contributed by atoms with Crippen molar-refractivity contribution in [3.63, 3.8) is 0 Å². The molecule has 5 nitrogen and oxygen atoms in total. The van der Waals surface area contributed by atoms with Crippen LogP contribution in [-0.4, -0.2) is 13.0 Å². The van der Waals surface area contributed by atoms with E-state index < -0.39 is 26.5 Å². The minimum Gasteiger partial charge on any atom is -0.872 e. The van der Waals surface area contributed by atoms with Gasteiger partial charge in [-0.05, 0) is 0 Å². The first kappa shape index (κ1) is 23.1. The van der Waals surface area contributed by atoms with E-state index in [-0.39, 0.29) is 132 Å². The molecule has 0 heterocycles. The number of benzene rings is 1. The van der Waals surface area contributed by atoms with E-state index in [1.807, 2.05) is 0 Å². The summed E-state index contributed by atoms with van der Waals surface area (Å²) < 4.78 is 30.9. The molecule has 0 aromatic heterocycles. The molecule has 0 unspecified atom stereocenters. The van der Waals surface area contributed by atoms with E-state index in [1.165, 1.54) is 0 Å². The van der Waals surface area contributed by atoms with Crippen molar-refractivity contribution in [2.45, 2.75) is 4.90 Å². The molecule has 0 saturated carbocycles. The van der Waals surface area contributed by atoms with Gasteiger partial charge < -0.3 is 14.8 Å². The predicted octanol–water partition coefficient (Wildman–Crippen LogP) is -10.3. The normalized spacial score (nSPS) is 9.13. The summed E-state index contributed by atoms with van der Waals surface area (Å²) in [4.78, 5) is -0.778. The van der Waals surface area contributed by atoms with E-state index in [2.05, 4.69) is 0 Å². The quantitative estimate of drug-likeness (QED) is 0.377. The Morgan fingerprint density at radius 1 is 0.933 bits per heavy atom. The fourth-order valence-corrected chi connectivity index (χ4v) is 1.21. The summed E-state index contributed by atoms with van der Waals surface area (Å²) in [6.07, 6.45) is 0. The first-order chi connectivity index (χ1) is 5.39. The third-order valence-corrected chi connectivity index (χ3v) is 1.96. The topological polar surface area (TPSA) is 103 Å². The SMILES string of the molecule is O=S(=O)([O-])c1cc([O-])cc([O-])c1.[K+].[K+].[Na+]. The van der Waals surface area contributed by atoms with Crippen LogP contribution in [0.1, 0.15) is 0 Å². The number of hydrogen-bond acceptors (Lipinski definition) is 5. The van der Waals surface area contributed by atoms with Gasteiger partial charge in [0.05, 0.1) is 4.90 Å². The van der Waals surface area contributed by atoms with E-state index in [9.17, 15) is 23.2 Å². The summed E-state index contributed by atoms with van der Waals surface area (Å²) in [6.45, 7) is 0. The van der Waals surface area contributed by atoms with Gasteiger partial charge >= 0.3 is 132 Å². The zero-order valence-electron chi connectivity index (χ0n) is 8.68. The molecule has 0 radical (unpaired) electrons. The van der Waals surface area contributed by atoms with Crippen LogP contribution in [-0.2, 0) is 10.1 Å². The standard InChI is InChI=1S/C6H6O5S.2K.Na/c7-4-1-5(8)3-6(2-4)12(9,10)11;;;/h1-3,7-8H,(H,9,10,11);;;/q;3*+1/p-3. The maximum Gasteiger partial charge on any atom is 1.00 e. The van der Waals surface area contributed by atoms with E-state index in [0.717, 1.165) is 0 Å². The summed E-state index contributed by atoms with van der Waals surface area (Å²) >= 11 is 0. The fourth-order valence-electron chi connectivity index (χ4n) is 0.690. The van der Waals surface area contributed by atoms with Crippen molar-refractivity contribution in [1.82, 2.24) is 0 Å².